The number of amides is 1. The lowest BCUT2D eigenvalue weighted by Gasteiger charge is -2.26. The van der Waals surface area contributed by atoms with E-state index in [0.29, 0.717) is 46.1 Å². The molecule has 1 amide bonds. The van der Waals surface area contributed by atoms with E-state index >= 15 is 0 Å². The standard InChI is InChI=1S/C28H22BrNO6/c1-4-13-35-22-11-5-16(14-23(22)34-3)25-24-26(31)20-15-17(29)6-12-21(20)36-27(24)28(32)30(25)18-7-9-19(33-2)10-8-18/h4-12,14-15,25H,1,13H2,2-3H3. The van der Waals surface area contributed by atoms with Gasteiger partial charge >= 0.3 is 0 Å². The average molecular weight is 548 g/mol. The van der Waals surface area contributed by atoms with E-state index in [9.17, 15) is 9.59 Å². The van der Waals surface area contributed by atoms with Gasteiger partial charge in [0.2, 0.25) is 5.76 Å². The minimum atomic E-state index is -0.747. The molecule has 1 unspecified atom stereocenters. The molecule has 0 aliphatic carbocycles. The van der Waals surface area contributed by atoms with E-state index in [-0.39, 0.29) is 16.8 Å². The third-order valence-corrected chi connectivity index (χ3v) is 6.54. The number of benzene rings is 3. The fourth-order valence-electron chi connectivity index (χ4n) is 4.39. The van der Waals surface area contributed by atoms with Crippen molar-refractivity contribution < 1.29 is 23.4 Å². The number of ether oxygens (including phenoxy) is 3. The van der Waals surface area contributed by atoms with Crippen LogP contribution in [0.5, 0.6) is 17.2 Å². The van der Waals surface area contributed by atoms with Crippen molar-refractivity contribution in [3.8, 4) is 17.2 Å². The van der Waals surface area contributed by atoms with Crippen LogP contribution in [0.15, 0.2) is 87.0 Å². The van der Waals surface area contributed by atoms with Gasteiger partial charge in [-0.3, -0.25) is 14.5 Å². The molecular formula is C28H22BrNO6. The van der Waals surface area contributed by atoms with Crippen LogP contribution in [0.3, 0.4) is 0 Å². The summed E-state index contributed by atoms with van der Waals surface area (Å²) in [5, 5.41) is 0.385. The zero-order valence-corrected chi connectivity index (χ0v) is 21.2. The molecule has 0 saturated heterocycles. The Labute approximate surface area is 215 Å². The summed E-state index contributed by atoms with van der Waals surface area (Å²) in [6.45, 7) is 3.98. The smallest absolute Gasteiger partial charge is 0.295 e. The Bertz CT molecular complexity index is 1540. The maximum atomic E-state index is 13.8. The number of carbonyl (C=O) groups excluding carboxylic acids is 1. The Balaban J connectivity index is 1.75. The summed E-state index contributed by atoms with van der Waals surface area (Å²) >= 11 is 3.42. The lowest BCUT2D eigenvalue weighted by molar-refractivity contribution is 0.0971. The Hall–Kier alpha value is -4.04. The molecule has 4 aromatic rings. The Morgan fingerprint density at radius 1 is 1.00 bits per heavy atom. The van der Waals surface area contributed by atoms with E-state index in [1.165, 1.54) is 7.11 Å². The summed E-state index contributed by atoms with van der Waals surface area (Å²) in [7, 11) is 3.11. The second-order valence-corrected chi connectivity index (χ2v) is 9.02. The number of anilines is 1. The first-order chi connectivity index (χ1) is 17.5. The third-order valence-electron chi connectivity index (χ3n) is 6.04. The first-order valence-electron chi connectivity index (χ1n) is 11.1. The molecule has 0 N–H and O–H groups in total. The van der Waals surface area contributed by atoms with Gasteiger partial charge in [0.25, 0.3) is 5.91 Å². The van der Waals surface area contributed by atoms with Crippen molar-refractivity contribution in [1.82, 2.24) is 0 Å². The second kappa shape index (κ2) is 9.54. The Kier molecular flexibility index (Phi) is 6.28. The van der Waals surface area contributed by atoms with Gasteiger partial charge in [0.15, 0.2) is 16.9 Å². The van der Waals surface area contributed by atoms with Crippen LogP contribution in [0, 0.1) is 0 Å². The van der Waals surface area contributed by atoms with Gasteiger partial charge in [-0.2, -0.15) is 0 Å². The topological polar surface area (TPSA) is 78.2 Å². The molecule has 3 aromatic carbocycles. The number of hydrogen-bond acceptors (Lipinski definition) is 6. The fraction of sp³-hybridized carbons (Fsp3) is 0.143. The van der Waals surface area contributed by atoms with Crippen LogP contribution in [0.25, 0.3) is 11.0 Å². The van der Waals surface area contributed by atoms with Gasteiger partial charge in [0.1, 0.15) is 17.9 Å². The quantitative estimate of drug-likeness (QED) is 0.268. The molecule has 0 fully saturated rings. The highest BCUT2D eigenvalue weighted by Crippen LogP contribution is 2.43. The summed E-state index contributed by atoms with van der Waals surface area (Å²) in [5.41, 5.74) is 1.60. The summed E-state index contributed by atoms with van der Waals surface area (Å²) in [6, 6.07) is 16.8. The monoisotopic (exact) mass is 547 g/mol. The minimum absolute atomic E-state index is 0.0154. The number of nitrogens with zero attached hydrogens (tertiary/aromatic N) is 1. The first kappa shape index (κ1) is 23.7. The number of methoxy groups -OCH3 is 2. The van der Waals surface area contributed by atoms with Gasteiger partial charge in [-0.15, -0.1) is 0 Å². The Morgan fingerprint density at radius 3 is 2.47 bits per heavy atom. The lowest BCUT2D eigenvalue weighted by Crippen LogP contribution is -2.29. The molecule has 0 bridgehead atoms. The molecular weight excluding hydrogens is 526 g/mol. The van der Waals surface area contributed by atoms with E-state index in [1.54, 1.807) is 72.7 Å². The molecule has 1 aromatic heterocycles. The number of carbonyl (C=O) groups is 1. The van der Waals surface area contributed by atoms with Crippen LogP contribution < -0.4 is 24.5 Å². The predicted molar refractivity (Wildman–Crippen MR) is 141 cm³/mol. The number of halogens is 1. The van der Waals surface area contributed by atoms with E-state index in [0.717, 1.165) is 4.47 Å². The molecule has 36 heavy (non-hydrogen) atoms. The molecule has 0 radical (unpaired) electrons. The lowest BCUT2D eigenvalue weighted by atomic mass is 9.97. The summed E-state index contributed by atoms with van der Waals surface area (Å²) in [5.74, 6) is 1.25. The predicted octanol–water partition coefficient (Wildman–Crippen LogP) is 5.89. The second-order valence-electron chi connectivity index (χ2n) is 8.10. The highest BCUT2D eigenvalue weighted by molar-refractivity contribution is 9.10. The Morgan fingerprint density at radius 2 is 1.78 bits per heavy atom. The number of hydrogen-bond donors (Lipinski definition) is 0. The van der Waals surface area contributed by atoms with Gasteiger partial charge in [0, 0.05) is 10.2 Å². The van der Waals surface area contributed by atoms with E-state index in [4.69, 9.17) is 18.6 Å². The highest BCUT2D eigenvalue weighted by Gasteiger charge is 2.44. The van der Waals surface area contributed by atoms with Gasteiger partial charge in [0.05, 0.1) is 31.2 Å². The average Bonchev–Trinajstić information content (AvgIpc) is 3.20. The number of fused-ring (bicyclic) bond motifs is 2. The molecule has 1 atom stereocenters. The van der Waals surface area contributed by atoms with Crippen LogP contribution in [0.2, 0.25) is 0 Å². The van der Waals surface area contributed by atoms with Crippen molar-refractivity contribution in [3.63, 3.8) is 0 Å². The molecule has 8 heteroatoms. The minimum Gasteiger partial charge on any atom is -0.497 e. The largest absolute Gasteiger partial charge is 0.497 e. The van der Waals surface area contributed by atoms with Crippen molar-refractivity contribution >= 4 is 38.5 Å². The summed E-state index contributed by atoms with van der Waals surface area (Å²) in [6.07, 6.45) is 1.64. The first-order valence-corrected chi connectivity index (χ1v) is 11.9. The van der Waals surface area contributed by atoms with Crippen LogP contribution >= 0.6 is 15.9 Å². The van der Waals surface area contributed by atoms with Crippen molar-refractivity contribution in [2.24, 2.45) is 0 Å². The SMILES string of the molecule is C=CCOc1ccc(C2c3c(oc4ccc(Br)cc4c3=O)C(=O)N2c2ccc(OC)cc2)cc1OC. The van der Waals surface area contributed by atoms with Crippen LogP contribution in [0.1, 0.15) is 27.7 Å². The van der Waals surface area contributed by atoms with E-state index in [1.807, 2.05) is 6.07 Å². The van der Waals surface area contributed by atoms with Gasteiger partial charge in [-0.05, 0) is 60.2 Å². The van der Waals surface area contributed by atoms with Gasteiger partial charge in [-0.1, -0.05) is 34.7 Å². The maximum absolute atomic E-state index is 13.8. The summed E-state index contributed by atoms with van der Waals surface area (Å²) < 4.78 is 23.3. The van der Waals surface area contributed by atoms with Crippen LogP contribution in [-0.2, 0) is 0 Å². The van der Waals surface area contributed by atoms with Gasteiger partial charge < -0.3 is 18.6 Å². The normalized spacial score (nSPS) is 14.6. The van der Waals surface area contributed by atoms with E-state index < -0.39 is 11.9 Å². The summed E-state index contributed by atoms with van der Waals surface area (Å²) in [4.78, 5) is 29.1. The highest BCUT2D eigenvalue weighted by atomic mass is 79.9. The van der Waals surface area contributed by atoms with Gasteiger partial charge in [-0.25, -0.2) is 0 Å². The fourth-order valence-corrected chi connectivity index (χ4v) is 4.75. The molecule has 1 aliphatic rings. The zero-order valence-electron chi connectivity index (χ0n) is 19.6. The molecule has 5 rings (SSSR count). The molecule has 0 saturated carbocycles. The van der Waals surface area contributed by atoms with Crippen LogP contribution in [-0.4, -0.2) is 26.7 Å². The zero-order chi connectivity index (χ0) is 25.4. The van der Waals surface area contributed by atoms with E-state index in [2.05, 4.69) is 22.5 Å². The molecule has 182 valence electrons. The number of rotatable bonds is 7. The molecule has 1 aliphatic heterocycles. The molecule has 0 spiro atoms. The molecule has 7 nitrogen and oxygen atoms in total. The molecule has 2 heterocycles. The van der Waals surface area contributed by atoms with Crippen molar-refractivity contribution in [1.29, 1.82) is 0 Å². The van der Waals surface area contributed by atoms with Crippen molar-refractivity contribution in [3.05, 3.63) is 105 Å². The van der Waals surface area contributed by atoms with Crippen LogP contribution in [0.4, 0.5) is 5.69 Å². The third kappa shape index (κ3) is 3.93. The van der Waals surface area contributed by atoms with Crippen molar-refractivity contribution in [2.75, 3.05) is 25.7 Å². The van der Waals surface area contributed by atoms with Crippen molar-refractivity contribution in [2.45, 2.75) is 6.04 Å². The maximum Gasteiger partial charge on any atom is 0.295 e.